The van der Waals surface area contributed by atoms with E-state index < -0.39 is 17.9 Å². The van der Waals surface area contributed by atoms with Gasteiger partial charge in [-0.05, 0) is 50.5 Å². The van der Waals surface area contributed by atoms with Gasteiger partial charge in [-0.2, -0.15) is 4.99 Å². The van der Waals surface area contributed by atoms with Crippen LogP contribution in [0.3, 0.4) is 0 Å². The number of aryl methyl sites for hydroxylation is 1. The van der Waals surface area contributed by atoms with Gasteiger partial charge < -0.3 is 14.6 Å². The number of hydrogen-bond acceptors (Lipinski definition) is 4. The number of carboxylic acids is 1. The topological polar surface area (TPSA) is 92.0 Å². The molecule has 1 saturated heterocycles. The highest BCUT2D eigenvalue weighted by atomic mass is 32.1. The number of hydrogen-bond donors (Lipinski definition) is 1. The number of carbonyl (C=O) groups excluding carboxylic acids is 2. The lowest BCUT2D eigenvalue weighted by Gasteiger charge is -2.33. The first-order valence-electron chi connectivity index (χ1n) is 11.2. The first-order valence-corrected chi connectivity index (χ1v) is 12.0. The van der Waals surface area contributed by atoms with Crippen molar-refractivity contribution < 1.29 is 19.5 Å². The number of benzene rings is 2. The third-order valence-electron chi connectivity index (χ3n) is 6.17. The number of carboxylic acid groups (broad SMARTS) is 1. The van der Waals surface area contributed by atoms with E-state index in [0.717, 1.165) is 15.8 Å². The highest BCUT2D eigenvalue weighted by molar-refractivity contribution is 7.16. The normalized spacial score (nSPS) is 16.2. The molecule has 2 aromatic carbocycles. The molecule has 1 aliphatic rings. The molecule has 4 rings (SSSR count). The average molecular weight is 466 g/mol. The lowest BCUT2D eigenvalue weighted by molar-refractivity contribution is -0.146. The molecule has 1 aromatic heterocycles. The predicted octanol–water partition coefficient (Wildman–Crippen LogP) is 4.03. The number of piperidine rings is 1. The van der Waals surface area contributed by atoms with Gasteiger partial charge in [0.05, 0.1) is 16.1 Å². The Bertz CT molecular complexity index is 1250. The number of nitrogens with zero attached hydrogens (tertiary/aromatic N) is 3. The van der Waals surface area contributed by atoms with E-state index in [9.17, 15) is 19.5 Å². The Morgan fingerprint density at radius 3 is 2.39 bits per heavy atom. The Morgan fingerprint density at radius 1 is 1.09 bits per heavy atom. The molecular weight excluding hydrogens is 438 g/mol. The van der Waals surface area contributed by atoms with Crippen molar-refractivity contribution in [3.05, 3.63) is 64.5 Å². The molecule has 0 bridgehead atoms. The number of aliphatic carboxylic acids is 1. The van der Waals surface area contributed by atoms with Gasteiger partial charge in [0.2, 0.25) is 5.91 Å². The Morgan fingerprint density at radius 2 is 1.76 bits per heavy atom. The second kappa shape index (κ2) is 9.70. The van der Waals surface area contributed by atoms with Crippen LogP contribution < -0.4 is 4.80 Å². The first kappa shape index (κ1) is 22.9. The lowest BCUT2D eigenvalue weighted by atomic mass is 9.96. The third kappa shape index (κ3) is 4.75. The van der Waals surface area contributed by atoms with Crippen LogP contribution in [0, 0.1) is 12.8 Å². The van der Waals surface area contributed by atoms with E-state index in [2.05, 4.69) is 4.99 Å². The summed E-state index contributed by atoms with van der Waals surface area (Å²) in [5.41, 5.74) is 2.42. The van der Waals surface area contributed by atoms with Crippen molar-refractivity contribution in [2.24, 2.45) is 10.9 Å². The van der Waals surface area contributed by atoms with Crippen molar-refractivity contribution in [3.63, 3.8) is 0 Å². The summed E-state index contributed by atoms with van der Waals surface area (Å²) in [6.07, 6.45) is 1.44. The van der Waals surface area contributed by atoms with Crippen molar-refractivity contribution in [1.29, 1.82) is 0 Å². The molecule has 1 aliphatic heterocycles. The van der Waals surface area contributed by atoms with Gasteiger partial charge in [0, 0.05) is 18.7 Å². The third-order valence-corrected chi connectivity index (χ3v) is 7.20. The predicted molar refractivity (Wildman–Crippen MR) is 127 cm³/mol. The molecule has 0 spiro atoms. The summed E-state index contributed by atoms with van der Waals surface area (Å²) in [4.78, 5) is 44.4. The molecular formula is C25H27N3O4S. The van der Waals surface area contributed by atoms with E-state index in [0.29, 0.717) is 42.7 Å². The number of amides is 2. The summed E-state index contributed by atoms with van der Waals surface area (Å²) in [5.74, 6) is -1.61. The second-order valence-electron chi connectivity index (χ2n) is 8.37. The van der Waals surface area contributed by atoms with Crippen molar-refractivity contribution in [3.8, 4) is 0 Å². The van der Waals surface area contributed by atoms with E-state index in [-0.39, 0.29) is 11.8 Å². The van der Waals surface area contributed by atoms with Crippen LogP contribution >= 0.6 is 11.3 Å². The summed E-state index contributed by atoms with van der Waals surface area (Å²) in [6, 6.07) is 14.5. The molecule has 172 valence electrons. The molecule has 2 amide bonds. The minimum atomic E-state index is -0.803. The summed E-state index contributed by atoms with van der Waals surface area (Å²) < 4.78 is 2.82. The number of likely N-dealkylation sites (tertiary alicyclic amines) is 1. The molecule has 33 heavy (non-hydrogen) atoms. The highest BCUT2D eigenvalue weighted by Gasteiger charge is 2.32. The Labute approximate surface area is 196 Å². The molecule has 1 N–H and O–H groups in total. The first-order chi connectivity index (χ1) is 15.9. The zero-order chi connectivity index (χ0) is 23.5. The average Bonchev–Trinajstić information content (AvgIpc) is 3.17. The fourth-order valence-electron chi connectivity index (χ4n) is 4.24. The largest absolute Gasteiger partial charge is 0.481 e. The van der Waals surface area contributed by atoms with Crippen LogP contribution in [0.25, 0.3) is 10.2 Å². The van der Waals surface area contributed by atoms with Crippen molar-refractivity contribution in [2.45, 2.75) is 39.2 Å². The number of aromatic nitrogens is 1. The Hall–Kier alpha value is -3.26. The van der Waals surface area contributed by atoms with E-state index in [1.54, 1.807) is 17.0 Å². The van der Waals surface area contributed by atoms with Crippen molar-refractivity contribution >= 4 is 39.3 Å². The number of rotatable bonds is 5. The van der Waals surface area contributed by atoms with Gasteiger partial charge in [-0.25, -0.2) is 0 Å². The van der Waals surface area contributed by atoms with Gasteiger partial charge in [0.25, 0.3) is 5.91 Å². The number of fused-ring (bicyclic) bond motifs is 1. The second-order valence-corrected chi connectivity index (χ2v) is 9.38. The minimum absolute atomic E-state index is 0.0610. The van der Waals surface area contributed by atoms with Crippen LogP contribution in [0.1, 0.15) is 48.1 Å². The molecule has 0 radical (unpaired) electrons. The van der Waals surface area contributed by atoms with Crippen LogP contribution in [-0.4, -0.2) is 45.4 Å². The summed E-state index contributed by atoms with van der Waals surface area (Å²) in [5, 5.41) is 9.27. The van der Waals surface area contributed by atoms with Gasteiger partial charge in [0.1, 0.15) is 6.04 Å². The maximum Gasteiger partial charge on any atom is 0.306 e. The van der Waals surface area contributed by atoms with Gasteiger partial charge in [-0.3, -0.25) is 14.4 Å². The Balaban J connectivity index is 1.72. The fraction of sp³-hybridized carbons (Fsp3) is 0.360. The fourth-order valence-corrected chi connectivity index (χ4v) is 5.31. The van der Waals surface area contributed by atoms with E-state index in [4.69, 9.17) is 0 Å². The Kier molecular flexibility index (Phi) is 6.74. The van der Waals surface area contributed by atoms with Gasteiger partial charge in [-0.1, -0.05) is 48.1 Å². The number of carbonyl (C=O) groups is 3. The van der Waals surface area contributed by atoms with Crippen LogP contribution in [0.5, 0.6) is 0 Å². The number of para-hydroxylation sites is 1. The monoisotopic (exact) mass is 465 g/mol. The van der Waals surface area contributed by atoms with Crippen molar-refractivity contribution in [1.82, 2.24) is 9.47 Å². The van der Waals surface area contributed by atoms with Crippen LogP contribution in [0.2, 0.25) is 0 Å². The van der Waals surface area contributed by atoms with Gasteiger partial charge in [0.15, 0.2) is 4.80 Å². The van der Waals surface area contributed by atoms with Crippen LogP contribution in [-0.2, 0) is 9.59 Å². The molecule has 2 heterocycles. The van der Waals surface area contributed by atoms with Crippen LogP contribution in [0.15, 0.2) is 53.5 Å². The van der Waals surface area contributed by atoms with E-state index in [1.165, 1.54) is 11.3 Å². The standard InChI is InChI=1S/C25H27N3O4S/c1-3-19(23(30)27-14-12-18(13-15-27)24(31)32)28-20-6-4-5-7-21(20)33-25(28)26-22(29)17-10-8-16(2)9-11-17/h4-11,18-19H,3,12-15H2,1-2H3,(H,31,32). The molecule has 0 aliphatic carbocycles. The SMILES string of the molecule is CCC(C(=O)N1CCC(C(=O)O)CC1)n1c(=NC(=O)c2ccc(C)cc2)sc2ccccc21. The maximum absolute atomic E-state index is 13.5. The molecule has 1 unspecified atom stereocenters. The molecule has 7 nitrogen and oxygen atoms in total. The summed E-state index contributed by atoms with van der Waals surface area (Å²) >= 11 is 1.39. The zero-order valence-corrected chi connectivity index (χ0v) is 19.5. The van der Waals surface area contributed by atoms with Crippen LogP contribution in [0.4, 0.5) is 0 Å². The smallest absolute Gasteiger partial charge is 0.306 e. The van der Waals surface area contributed by atoms with Crippen molar-refractivity contribution in [2.75, 3.05) is 13.1 Å². The maximum atomic E-state index is 13.5. The quantitative estimate of drug-likeness (QED) is 0.616. The summed E-state index contributed by atoms with van der Waals surface area (Å²) in [6.45, 7) is 4.74. The molecule has 1 atom stereocenters. The van der Waals surface area contributed by atoms with Gasteiger partial charge >= 0.3 is 5.97 Å². The molecule has 0 saturated carbocycles. The lowest BCUT2D eigenvalue weighted by Crippen LogP contribution is -2.44. The number of thiazole rings is 1. The zero-order valence-electron chi connectivity index (χ0n) is 18.7. The molecule has 3 aromatic rings. The van der Waals surface area contributed by atoms with E-state index >= 15 is 0 Å². The molecule has 1 fully saturated rings. The summed E-state index contributed by atoms with van der Waals surface area (Å²) in [7, 11) is 0. The minimum Gasteiger partial charge on any atom is -0.481 e. The van der Waals surface area contributed by atoms with E-state index in [1.807, 2.05) is 54.8 Å². The highest BCUT2D eigenvalue weighted by Crippen LogP contribution is 2.26. The molecule has 8 heteroatoms. The van der Waals surface area contributed by atoms with Gasteiger partial charge in [-0.15, -0.1) is 0 Å².